The molecule has 1 aliphatic heterocycles. The third-order valence-electron chi connectivity index (χ3n) is 4.43. The van der Waals surface area contributed by atoms with Crippen LogP contribution in [-0.2, 0) is 5.54 Å². The lowest BCUT2D eigenvalue weighted by Gasteiger charge is -2.33. The molecule has 2 heterocycles. The minimum absolute atomic E-state index is 0.110. The number of hydrogen-bond donors (Lipinski definition) is 1. The fraction of sp³-hybridized carbons (Fsp3) is 0.250. The van der Waals surface area contributed by atoms with Crippen LogP contribution in [0.4, 0.5) is 11.4 Å². The van der Waals surface area contributed by atoms with Gasteiger partial charge in [0.25, 0.3) is 0 Å². The Morgan fingerprint density at radius 1 is 1.00 bits per heavy atom. The predicted octanol–water partition coefficient (Wildman–Crippen LogP) is 6.64. The number of anilines is 1. The lowest BCUT2D eigenvalue weighted by molar-refractivity contribution is 0.619. The number of hydrogen-bond acceptors (Lipinski definition) is 4. The molecule has 4 rings (SSSR count). The topological polar surface area (TPSA) is 24.4 Å². The molecular weight excluding hydrogens is 368 g/mol. The fourth-order valence-electron chi connectivity index (χ4n) is 3.18. The average Bonchev–Trinajstić information content (AvgIpc) is 2.95. The van der Waals surface area contributed by atoms with E-state index in [1.54, 1.807) is 20.7 Å². The summed E-state index contributed by atoms with van der Waals surface area (Å²) in [5.74, 6) is 0. The summed E-state index contributed by atoms with van der Waals surface area (Å²) in [7, 11) is 3.52. The van der Waals surface area contributed by atoms with Crippen LogP contribution < -0.4 is 9.99 Å². The zero-order valence-electron chi connectivity index (χ0n) is 14.6. The van der Waals surface area contributed by atoms with Crippen LogP contribution in [0.15, 0.2) is 41.4 Å². The van der Waals surface area contributed by atoms with Gasteiger partial charge in [0.05, 0.1) is 21.1 Å². The van der Waals surface area contributed by atoms with Gasteiger partial charge >= 0.3 is 0 Å². The summed E-state index contributed by atoms with van der Waals surface area (Å²) >= 11 is 6.38. The Bertz CT molecular complexity index is 1040. The third kappa shape index (κ3) is 2.92. The molecule has 3 aromatic rings. The fourth-order valence-corrected chi connectivity index (χ4v) is 6.27. The Balaban J connectivity index is 2.00. The van der Waals surface area contributed by atoms with Crippen molar-refractivity contribution in [2.45, 2.75) is 33.2 Å². The maximum absolute atomic E-state index is 6.38. The molecule has 5 heteroatoms. The zero-order chi connectivity index (χ0) is 17.8. The Labute approximate surface area is 160 Å². The number of aryl methyl sites for hydroxylation is 2. The van der Waals surface area contributed by atoms with Crippen molar-refractivity contribution in [3.05, 3.63) is 62.1 Å². The quantitative estimate of drug-likeness (QED) is 0.465. The molecule has 25 heavy (non-hydrogen) atoms. The highest BCUT2D eigenvalue weighted by Gasteiger charge is 2.33. The van der Waals surface area contributed by atoms with E-state index in [1.807, 2.05) is 18.2 Å². The zero-order valence-corrected chi connectivity index (χ0v) is 17.0. The molecule has 0 saturated heterocycles. The Kier molecular flexibility index (Phi) is 4.02. The molecule has 0 bridgehead atoms. The molecule has 1 aliphatic rings. The van der Waals surface area contributed by atoms with Crippen LogP contribution in [-0.4, -0.2) is 0 Å². The Morgan fingerprint density at radius 2 is 1.72 bits per heavy atom. The van der Waals surface area contributed by atoms with Gasteiger partial charge in [0, 0.05) is 16.8 Å². The van der Waals surface area contributed by atoms with Gasteiger partial charge in [-0.05, 0) is 57.0 Å². The Morgan fingerprint density at radius 3 is 2.52 bits per heavy atom. The second-order valence-electron chi connectivity index (χ2n) is 7.04. The van der Waals surface area contributed by atoms with Crippen LogP contribution in [0.25, 0.3) is 11.1 Å². The van der Waals surface area contributed by atoms with Crippen molar-refractivity contribution >= 4 is 43.7 Å². The van der Waals surface area contributed by atoms with Crippen molar-refractivity contribution in [2.75, 3.05) is 5.32 Å². The van der Waals surface area contributed by atoms with Gasteiger partial charge in [-0.25, -0.2) is 4.99 Å². The summed E-state index contributed by atoms with van der Waals surface area (Å²) in [5.41, 5.74) is 6.78. The van der Waals surface area contributed by atoms with E-state index in [0.717, 1.165) is 15.9 Å². The van der Waals surface area contributed by atoms with Crippen LogP contribution in [0.3, 0.4) is 0 Å². The first-order chi connectivity index (χ1) is 11.8. The van der Waals surface area contributed by atoms with Gasteiger partial charge in [-0.15, -0.1) is 0 Å². The van der Waals surface area contributed by atoms with Crippen LogP contribution >= 0.6 is 32.3 Å². The third-order valence-corrected chi connectivity index (χ3v) is 7.39. The monoisotopic (exact) mass is 386 g/mol. The number of nitrogens with one attached hydrogen (secondary N) is 1. The summed E-state index contributed by atoms with van der Waals surface area (Å²) in [6, 6.07) is 12.5. The van der Waals surface area contributed by atoms with Gasteiger partial charge in [0.2, 0.25) is 0 Å². The summed E-state index contributed by atoms with van der Waals surface area (Å²) in [6.45, 7) is 8.64. The maximum Gasteiger partial charge on any atom is 0.135 e. The molecule has 2 nitrogen and oxygen atoms in total. The second kappa shape index (κ2) is 5.97. The first-order valence-electron chi connectivity index (χ1n) is 8.19. The number of nitrogens with zero attached hydrogens (tertiary/aromatic N) is 1. The molecule has 2 aromatic carbocycles. The van der Waals surface area contributed by atoms with Crippen LogP contribution in [0, 0.1) is 13.8 Å². The van der Waals surface area contributed by atoms with E-state index in [9.17, 15) is 0 Å². The van der Waals surface area contributed by atoms with Crippen molar-refractivity contribution in [1.82, 2.24) is 0 Å². The van der Waals surface area contributed by atoms with Crippen LogP contribution in [0.2, 0.25) is 5.02 Å². The summed E-state index contributed by atoms with van der Waals surface area (Å²) in [6.07, 6.45) is 0. The van der Waals surface area contributed by atoms with Gasteiger partial charge in [-0.3, -0.25) is 0 Å². The van der Waals surface area contributed by atoms with Crippen molar-refractivity contribution in [3.8, 4) is 11.1 Å². The first-order valence-corrected chi connectivity index (χ1v) is 10.7. The molecule has 0 radical (unpaired) electrons. The van der Waals surface area contributed by atoms with E-state index in [2.05, 4.69) is 51.2 Å². The van der Waals surface area contributed by atoms with E-state index in [4.69, 9.17) is 16.6 Å². The first kappa shape index (κ1) is 16.8. The number of fused-ring (bicyclic) bond motifs is 3. The molecule has 0 saturated carbocycles. The van der Waals surface area contributed by atoms with Crippen LogP contribution in [0.5, 0.6) is 0 Å². The number of halogens is 1. The lowest BCUT2D eigenvalue weighted by Crippen LogP contribution is -2.31. The predicted molar refractivity (Wildman–Crippen MR) is 110 cm³/mol. The SMILES string of the molecule is Cc1ccc(Cl)c(N=c2ssc3c2-c2ccc(C)cc2NC3(C)C)c1. The molecule has 0 aliphatic carbocycles. The minimum Gasteiger partial charge on any atom is -0.375 e. The van der Waals surface area contributed by atoms with Crippen molar-refractivity contribution in [1.29, 1.82) is 0 Å². The van der Waals surface area contributed by atoms with Gasteiger partial charge in [0.15, 0.2) is 0 Å². The van der Waals surface area contributed by atoms with Crippen LogP contribution in [0.1, 0.15) is 29.9 Å². The highest BCUT2D eigenvalue weighted by atomic mass is 35.5. The van der Waals surface area contributed by atoms with Gasteiger partial charge in [-0.1, -0.05) is 50.5 Å². The average molecular weight is 387 g/mol. The van der Waals surface area contributed by atoms with E-state index in [1.165, 1.54) is 27.3 Å². The highest BCUT2D eigenvalue weighted by Crippen LogP contribution is 2.45. The molecule has 1 N–H and O–H groups in total. The van der Waals surface area contributed by atoms with E-state index in [0.29, 0.717) is 5.02 Å². The smallest absolute Gasteiger partial charge is 0.135 e. The Hall–Kier alpha value is -1.62. The van der Waals surface area contributed by atoms with Gasteiger partial charge in [0.1, 0.15) is 4.67 Å². The number of benzene rings is 2. The largest absolute Gasteiger partial charge is 0.375 e. The molecule has 0 atom stereocenters. The summed E-state index contributed by atoms with van der Waals surface area (Å²) < 4.78 is 1.03. The van der Waals surface area contributed by atoms with Crippen molar-refractivity contribution < 1.29 is 0 Å². The van der Waals surface area contributed by atoms with Crippen molar-refractivity contribution in [3.63, 3.8) is 0 Å². The highest BCUT2D eigenvalue weighted by molar-refractivity contribution is 7.68. The lowest BCUT2D eigenvalue weighted by atomic mass is 9.89. The molecular formula is C20H19ClN2S2. The molecule has 0 unspecified atom stereocenters. The van der Waals surface area contributed by atoms with E-state index in [-0.39, 0.29) is 5.54 Å². The number of rotatable bonds is 1. The van der Waals surface area contributed by atoms with Gasteiger partial charge < -0.3 is 5.32 Å². The normalized spacial score (nSPS) is 15.5. The van der Waals surface area contributed by atoms with Gasteiger partial charge in [-0.2, -0.15) is 0 Å². The molecule has 0 spiro atoms. The summed E-state index contributed by atoms with van der Waals surface area (Å²) in [5, 5.41) is 4.37. The molecule has 128 valence electrons. The van der Waals surface area contributed by atoms with E-state index >= 15 is 0 Å². The maximum atomic E-state index is 6.38. The standard InChI is InChI=1S/C20H19ClN2S2/c1-11-5-7-13-15(9-11)23-20(3,4)18-17(13)19(25-24-18)22-16-10-12(2)6-8-14(16)21/h5-10,23H,1-4H3. The molecule has 0 amide bonds. The summed E-state index contributed by atoms with van der Waals surface area (Å²) in [4.78, 5) is 6.26. The molecule has 0 fully saturated rings. The van der Waals surface area contributed by atoms with Crippen molar-refractivity contribution in [2.24, 2.45) is 4.99 Å². The molecule has 1 aromatic heterocycles. The second-order valence-corrected chi connectivity index (χ2v) is 9.58. The van der Waals surface area contributed by atoms with E-state index < -0.39 is 0 Å². The minimum atomic E-state index is -0.110.